The van der Waals surface area contributed by atoms with Gasteiger partial charge < -0.3 is 15.3 Å². The number of phenols is 2. The number of benzene rings is 2. The van der Waals surface area contributed by atoms with Crippen LogP contribution in [0.2, 0.25) is 0 Å². The zero-order valence-electron chi connectivity index (χ0n) is 16.9. The molecule has 0 aliphatic carbocycles. The summed E-state index contributed by atoms with van der Waals surface area (Å²) in [5.41, 5.74) is 2.47. The standard InChI is InChI=1S/C24H30O4S/c1-24(17-9-11-18(25)12-10-17)16-29-22-15-19(26)13-14-20(22)21(24)7-5-3-2-4-6-8-23(27)28/h9-15,21,25-26H,2-8,16H2,1H3,(H,27,28)/t21-,24-/m1/s1. The lowest BCUT2D eigenvalue weighted by molar-refractivity contribution is -0.137. The number of fused-ring (bicyclic) bond motifs is 1. The van der Waals surface area contributed by atoms with Gasteiger partial charge in [-0.1, -0.05) is 50.8 Å². The smallest absolute Gasteiger partial charge is 0.303 e. The monoisotopic (exact) mass is 414 g/mol. The molecule has 4 nitrogen and oxygen atoms in total. The van der Waals surface area contributed by atoms with Gasteiger partial charge in [0.1, 0.15) is 11.5 Å². The molecule has 1 aliphatic heterocycles. The number of unbranched alkanes of at least 4 members (excludes halogenated alkanes) is 4. The van der Waals surface area contributed by atoms with E-state index in [4.69, 9.17) is 5.11 Å². The van der Waals surface area contributed by atoms with Gasteiger partial charge in [-0.25, -0.2) is 0 Å². The molecule has 1 aliphatic rings. The van der Waals surface area contributed by atoms with E-state index in [9.17, 15) is 15.0 Å². The first-order valence-corrected chi connectivity index (χ1v) is 11.4. The molecule has 3 rings (SSSR count). The van der Waals surface area contributed by atoms with Crippen LogP contribution in [0.4, 0.5) is 0 Å². The zero-order valence-corrected chi connectivity index (χ0v) is 17.8. The van der Waals surface area contributed by atoms with Crippen LogP contribution in [-0.4, -0.2) is 27.0 Å². The molecule has 29 heavy (non-hydrogen) atoms. The third kappa shape index (κ3) is 5.27. The summed E-state index contributed by atoms with van der Waals surface area (Å²) in [6.07, 6.45) is 6.28. The van der Waals surface area contributed by atoms with E-state index in [0.717, 1.165) is 49.2 Å². The topological polar surface area (TPSA) is 77.8 Å². The predicted molar refractivity (Wildman–Crippen MR) is 117 cm³/mol. The van der Waals surface area contributed by atoms with Crippen molar-refractivity contribution >= 4 is 17.7 Å². The van der Waals surface area contributed by atoms with E-state index in [1.165, 1.54) is 11.1 Å². The Labute approximate surface area is 177 Å². The highest BCUT2D eigenvalue weighted by Gasteiger charge is 2.41. The van der Waals surface area contributed by atoms with Gasteiger partial charge in [-0.15, -0.1) is 11.8 Å². The van der Waals surface area contributed by atoms with E-state index in [1.54, 1.807) is 30.0 Å². The number of aliphatic carboxylic acids is 1. The van der Waals surface area contributed by atoms with Crippen molar-refractivity contribution in [3.8, 4) is 11.5 Å². The SMILES string of the molecule is C[C@]1(c2ccc(O)cc2)CSc2cc(O)ccc2[C@H]1CCCCCCCC(=O)O. The maximum Gasteiger partial charge on any atom is 0.303 e. The Bertz CT molecular complexity index is 833. The van der Waals surface area contributed by atoms with Crippen LogP contribution in [0.3, 0.4) is 0 Å². The van der Waals surface area contributed by atoms with Crippen LogP contribution in [0.15, 0.2) is 47.4 Å². The minimum Gasteiger partial charge on any atom is -0.508 e. The fraction of sp³-hybridized carbons (Fsp3) is 0.458. The van der Waals surface area contributed by atoms with Crippen molar-refractivity contribution in [1.29, 1.82) is 0 Å². The molecule has 0 bridgehead atoms. The van der Waals surface area contributed by atoms with E-state index in [1.807, 2.05) is 18.2 Å². The van der Waals surface area contributed by atoms with Gasteiger partial charge in [-0.3, -0.25) is 4.79 Å². The molecule has 0 spiro atoms. The van der Waals surface area contributed by atoms with Crippen molar-refractivity contribution in [2.24, 2.45) is 0 Å². The Hall–Kier alpha value is -2.14. The molecular formula is C24H30O4S. The normalized spacial score (nSPS) is 20.9. The van der Waals surface area contributed by atoms with Crippen molar-refractivity contribution in [3.05, 3.63) is 53.6 Å². The Kier molecular flexibility index (Phi) is 7.12. The molecule has 0 amide bonds. The number of hydrogen-bond acceptors (Lipinski definition) is 4. The van der Waals surface area contributed by atoms with Gasteiger partial charge in [0.2, 0.25) is 0 Å². The second-order valence-corrected chi connectivity index (χ2v) is 9.25. The van der Waals surface area contributed by atoms with E-state index in [2.05, 4.69) is 13.0 Å². The van der Waals surface area contributed by atoms with E-state index < -0.39 is 5.97 Å². The summed E-state index contributed by atoms with van der Waals surface area (Å²) < 4.78 is 0. The number of carbonyl (C=O) groups is 1. The van der Waals surface area contributed by atoms with Gasteiger partial charge in [-0.05, 0) is 54.2 Å². The van der Waals surface area contributed by atoms with Crippen LogP contribution in [0.1, 0.15) is 68.9 Å². The summed E-state index contributed by atoms with van der Waals surface area (Å²) in [5.74, 6) is 1.14. The Balaban J connectivity index is 1.73. The minimum atomic E-state index is -0.714. The van der Waals surface area contributed by atoms with Crippen LogP contribution in [0.5, 0.6) is 11.5 Å². The lowest BCUT2D eigenvalue weighted by Crippen LogP contribution is -2.36. The molecule has 3 N–H and O–H groups in total. The first kappa shape index (κ1) is 21.6. The lowest BCUT2D eigenvalue weighted by Gasteiger charge is -2.43. The second-order valence-electron chi connectivity index (χ2n) is 8.23. The van der Waals surface area contributed by atoms with Crippen molar-refractivity contribution in [2.75, 3.05) is 5.75 Å². The van der Waals surface area contributed by atoms with Gasteiger partial charge >= 0.3 is 5.97 Å². The number of aromatic hydroxyl groups is 2. The molecule has 0 unspecified atom stereocenters. The quantitative estimate of drug-likeness (QED) is 0.435. The first-order valence-electron chi connectivity index (χ1n) is 10.4. The number of thioether (sulfide) groups is 1. The summed E-state index contributed by atoms with van der Waals surface area (Å²) in [6.45, 7) is 2.31. The maximum atomic E-state index is 10.6. The highest BCUT2D eigenvalue weighted by Crippen LogP contribution is 2.52. The second kappa shape index (κ2) is 9.57. The number of carboxylic acids is 1. The third-order valence-electron chi connectivity index (χ3n) is 6.08. The van der Waals surface area contributed by atoms with Crippen molar-refractivity contribution in [1.82, 2.24) is 0 Å². The number of carboxylic acid groups (broad SMARTS) is 1. The summed E-state index contributed by atoms with van der Waals surface area (Å²) in [6, 6.07) is 13.3. The van der Waals surface area contributed by atoms with Gasteiger partial charge in [-0.2, -0.15) is 0 Å². The molecule has 156 valence electrons. The summed E-state index contributed by atoms with van der Waals surface area (Å²) in [5, 5.41) is 28.4. The van der Waals surface area contributed by atoms with Crippen LogP contribution in [0, 0.1) is 0 Å². The Morgan fingerprint density at radius 3 is 2.38 bits per heavy atom. The van der Waals surface area contributed by atoms with Gasteiger partial charge in [0.05, 0.1) is 0 Å². The van der Waals surface area contributed by atoms with Crippen LogP contribution < -0.4 is 0 Å². The largest absolute Gasteiger partial charge is 0.508 e. The molecule has 0 saturated carbocycles. The highest BCUT2D eigenvalue weighted by atomic mass is 32.2. The van der Waals surface area contributed by atoms with Crippen LogP contribution in [0.25, 0.3) is 0 Å². The molecule has 2 atom stereocenters. The molecule has 2 aromatic carbocycles. The molecular weight excluding hydrogens is 384 g/mol. The minimum absolute atomic E-state index is 0.0500. The Morgan fingerprint density at radius 1 is 1.00 bits per heavy atom. The summed E-state index contributed by atoms with van der Waals surface area (Å²) in [7, 11) is 0. The molecule has 1 heterocycles. The fourth-order valence-electron chi connectivity index (χ4n) is 4.36. The van der Waals surface area contributed by atoms with Gasteiger partial charge in [0.25, 0.3) is 0 Å². The van der Waals surface area contributed by atoms with Gasteiger partial charge in [0.15, 0.2) is 0 Å². The first-order chi connectivity index (χ1) is 13.9. The van der Waals surface area contributed by atoms with Crippen molar-refractivity contribution < 1.29 is 20.1 Å². The Morgan fingerprint density at radius 2 is 1.66 bits per heavy atom. The van der Waals surface area contributed by atoms with Gasteiger partial charge in [0, 0.05) is 22.5 Å². The summed E-state index contributed by atoms with van der Waals surface area (Å²) >= 11 is 1.79. The number of hydrogen-bond donors (Lipinski definition) is 3. The highest BCUT2D eigenvalue weighted by molar-refractivity contribution is 7.99. The lowest BCUT2D eigenvalue weighted by atomic mass is 9.68. The summed E-state index contributed by atoms with van der Waals surface area (Å²) in [4.78, 5) is 11.8. The molecule has 2 aromatic rings. The van der Waals surface area contributed by atoms with Crippen molar-refractivity contribution in [2.45, 2.75) is 68.1 Å². The number of phenolic OH excluding ortho intramolecular Hbond substituents is 2. The van der Waals surface area contributed by atoms with E-state index >= 15 is 0 Å². The van der Waals surface area contributed by atoms with Crippen LogP contribution >= 0.6 is 11.8 Å². The molecule has 0 radical (unpaired) electrons. The zero-order chi connectivity index (χ0) is 20.9. The predicted octanol–water partition coefficient (Wildman–Crippen LogP) is 6.06. The number of rotatable bonds is 9. The fourth-order valence-corrected chi connectivity index (χ4v) is 5.77. The van der Waals surface area contributed by atoms with Crippen molar-refractivity contribution in [3.63, 3.8) is 0 Å². The van der Waals surface area contributed by atoms with E-state index in [-0.39, 0.29) is 17.6 Å². The molecule has 0 saturated heterocycles. The van der Waals surface area contributed by atoms with E-state index in [0.29, 0.717) is 11.7 Å². The average molecular weight is 415 g/mol. The molecule has 0 fully saturated rings. The molecule has 5 heteroatoms. The molecule has 0 aromatic heterocycles. The average Bonchev–Trinajstić information content (AvgIpc) is 2.69. The van der Waals surface area contributed by atoms with Crippen LogP contribution in [-0.2, 0) is 10.2 Å². The third-order valence-corrected chi connectivity index (χ3v) is 7.49. The maximum absolute atomic E-state index is 10.6.